The van der Waals surface area contributed by atoms with E-state index in [-0.39, 0.29) is 0 Å². The second-order valence-corrected chi connectivity index (χ2v) is 6.03. The van der Waals surface area contributed by atoms with Gasteiger partial charge in [-0.25, -0.2) is 0 Å². The third-order valence-electron chi connectivity index (χ3n) is 3.31. The molecule has 3 nitrogen and oxygen atoms in total. The second-order valence-electron chi connectivity index (χ2n) is 5.24. The van der Waals surface area contributed by atoms with Gasteiger partial charge in [-0.2, -0.15) is 0 Å². The lowest BCUT2D eigenvalue weighted by Crippen LogP contribution is -2.07. The molecule has 0 aliphatic rings. The predicted molar refractivity (Wildman–Crippen MR) is 95.4 cm³/mol. The Bertz CT molecular complexity index is 354. The average molecular weight is 373 g/mol. The molecular weight excluding hydrogens is 344 g/mol. The van der Waals surface area contributed by atoms with Gasteiger partial charge in [-0.15, -0.1) is 0 Å². The zero-order valence-electron chi connectivity index (χ0n) is 13.7. The molecular formula is C18H29BrO3. The lowest BCUT2D eigenvalue weighted by atomic mass is 10.1. The molecule has 0 aliphatic carbocycles. The van der Waals surface area contributed by atoms with E-state index in [1.165, 1.54) is 32.1 Å². The van der Waals surface area contributed by atoms with Crippen LogP contribution in [0.1, 0.15) is 45.4 Å². The number of benzene rings is 1. The number of halogens is 1. The van der Waals surface area contributed by atoms with E-state index in [0.717, 1.165) is 29.9 Å². The second kappa shape index (κ2) is 13.9. The molecule has 0 amide bonds. The van der Waals surface area contributed by atoms with Crippen LogP contribution in [0.2, 0.25) is 0 Å². The van der Waals surface area contributed by atoms with Crippen molar-refractivity contribution >= 4 is 15.9 Å². The van der Waals surface area contributed by atoms with Crippen LogP contribution in [0.4, 0.5) is 0 Å². The summed E-state index contributed by atoms with van der Waals surface area (Å²) >= 11 is 3.32. The van der Waals surface area contributed by atoms with Gasteiger partial charge in [0.25, 0.3) is 0 Å². The smallest absolute Gasteiger partial charge is 0.119 e. The molecule has 22 heavy (non-hydrogen) atoms. The minimum absolute atomic E-state index is 0.574. The number of alkyl halides is 1. The highest BCUT2D eigenvalue weighted by Gasteiger charge is 1.97. The summed E-state index contributed by atoms with van der Waals surface area (Å²) in [5.74, 6) is 1.77. The molecule has 0 aliphatic heterocycles. The molecule has 0 spiro atoms. The van der Waals surface area contributed by atoms with Crippen LogP contribution >= 0.6 is 15.9 Å². The van der Waals surface area contributed by atoms with Gasteiger partial charge in [-0.3, -0.25) is 0 Å². The highest BCUT2D eigenvalue weighted by Crippen LogP contribution is 2.18. The van der Waals surface area contributed by atoms with E-state index >= 15 is 0 Å². The van der Waals surface area contributed by atoms with Crippen molar-refractivity contribution in [3.05, 3.63) is 24.3 Å². The largest absolute Gasteiger partial charge is 0.494 e. The van der Waals surface area contributed by atoms with Gasteiger partial charge in [0, 0.05) is 5.33 Å². The maximum atomic E-state index is 5.74. The summed E-state index contributed by atoms with van der Waals surface area (Å²) < 4.78 is 16.7. The van der Waals surface area contributed by atoms with Crippen LogP contribution in [0.3, 0.4) is 0 Å². The Morgan fingerprint density at radius 2 is 1.32 bits per heavy atom. The van der Waals surface area contributed by atoms with E-state index in [2.05, 4.69) is 22.9 Å². The van der Waals surface area contributed by atoms with Gasteiger partial charge in [0.15, 0.2) is 0 Å². The topological polar surface area (TPSA) is 27.7 Å². The van der Waals surface area contributed by atoms with Crippen LogP contribution in [0.25, 0.3) is 0 Å². The van der Waals surface area contributed by atoms with E-state index in [0.29, 0.717) is 19.8 Å². The third-order valence-corrected chi connectivity index (χ3v) is 3.63. The molecule has 0 fully saturated rings. The maximum Gasteiger partial charge on any atom is 0.119 e. The molecule has 0 saturated carbocycles. The van der Waals surface area contributed by atoms with Gasteiger partial charge >= 0.3 is 0 Å². The Hall–Kier alpha value is -0.740. The highest BCUT2D eigenvalue weighted by molar-refractivity contribution is 9.09. The fraction of sp³-hybridized carbons (Fsp3) is 0.667. The number of ether oxygens (including phenoxy) is 3. The maximum absolute atomic E-state index is 5.74. The fourth-order valence-corrected chi connectivity index (χ4v) is 2.31. The Labute approximate surface area is 143 Å². The minimum atomic E-state index is 0.574. The van der Waals surface area contributed by atoms with Crippen LogP contribution in [-0.2, 0) is 4.74 Å². The highest BCUT2D eigenvalue weighted by atomic mass is 79.9. The SMILES string of the molecule is CCCCCCCCOc1ccc(OCCOCCBr)cc1. The van der Waals surface area contributed by atoms with Crippen LogP contribution in [0, 0.1) is 0 Å². The first-order valence-corrected chi connectivity index (χ1v) is 9.48. The number of unbranched alkanes of at least 4 members (excludes halogenated alkanes) is 5. The van der Waals surface area contributed by atoms with Crippen molar-refractivity contribution in [2.24, 2.45) is 0 Å². The quantitative estimate of drug-likeness (QED) is 0.331. The molecule has 0 bridgehead atoms. The van der Waals surface area contributed by atoms with Crippen molar-refractivity contribution in [3.63, 3.8) is 0 Å². The first-order valence-electron chi connectivity index (χ1n) is 8.36. The standard InChI is InChI=1S/C18H29BrO3/c1-2-3-4-5-6-7-13-21-17-8-10-18(11-9-17)22-16-15-20-14-12-19/h8-11H,2-7,12-16H2,1H3. The first kappa shape index (κ1) is 19.3. The molecule has 1 aromatic carbocycles. The summed E-state index contributed by atoms with van der Waals surface area (Å²) in [6.45, 7) is 4.95. The van der Waals surface area contributed by atoms with Crippen LogP contribution in [0.15, 0.2) is 24.3 Å². The van der Waals surface area contributed by atoms with Crippen LogP contribution < -0.4 is 9.47 Å². The molecule has 0 heterocycles. The summed E-state index contributed by atoms with van der Waals surface area (Å²) in [5.41, 5.74) is 0. The first-order chi connectivity index (χ1) is 10.9. The number of hydrogen-bond acceptors (Lipinski definition) is 3. The summed E-state index contributed by atoms with van der Waals surface area (Å²) in [5, 5.41) is 0.859. The fourth-order valence-electron chi connectivity index (χ4n) is 2.08. The van der Waals surface area contributed by atoms with Crippen molar-refractivity contribution < 1.29 is 14.2 Å². The molecule has 1 rings (SSSR count). The van der Waals surface area contributed by atoms with Crippen molar-refractivity contribution in [2.75, 3.05) is 31.8 Å². The molecule has 0 N–H and O–H groups in total. The third kappa shape index (κ3) is 10.1. The Balaban J connectivity index is 2.06. The van der Waals surface area contributed by atoms with E-state index in [1.807, 2.05) is 24.3 Å². The van der Waals surface area contributed by atoms with Crippen molar-refractivity contribution in [2.45, 2.75) is 45.4 Å². The molecule has 0 radical (unpaired) electrons. The van der Waals surface area contributed by atoms with Gasteiger partial charge in [0.05, 0.1) is 19.8 Å². The van der Waals surface area contributed by atoms with E-state index in [9.17, 15) is 0 Å². The van der Waals surface area contributed by atoms with Crippen molar-refractivity contribution in [1.29, 1.82) is 0 Å². The van der Waals surface area contributed by atoms with E-state index in [4.69, 9.17) is 14.2 Å². The molecule has 126 valence electrons. The predicted octanol–water partition coefficient (Wildman–Crippen LogP) is 5.22. The van der Waals surface area contributed by atoms with E-state index < -0.39 is 0 Å². The molecule has 1 aromatic rings. The molecule has 0 atom stereocenters. The summed E-state index contributed by atoms with van der Waals surface area (Å²) in [7, 11) is 0. The number of rotatable bonds is 14. The normalized spacial score (nSPS) is 10.6. The van der Waals surface area contributed by atoms with Crippen LogP contribution in [0.5, 0.6) is 11.5 Å². The van der Waals surface area contributed by atoms with E-state index in [1.54, 1.807) is 0 Å². The van der Waals surface area contributed by atoms with Gasteiger partial charge in [0.2, 0.25) is 0 Å². The molecule has 4 heteroatoms. The van der Waals surface area contributed by atoms with Gasteiger partial charge in [-0.1, -0.05) is 55.0 Å². The van der Waals surface area contributed by atoms with Crippen molar-refractivity contribution in [3.8, 4) is 11.5 Å². The van der Waals surface area contributed by atoms with Gasteiger partial charge in [0.1, 0.15) is 18.1 Å². The lowest BCUT2D eigenvalue weighted by molar-refractivity contribution is 0.112. The number of hydrogen-bond donors (Lipinski definition) is 0. The average Bonchev–Trinajstić information content (AvgIpc) is 2.55. The summed E-state index contributed by atoms with van der Waals surface area (Å²) in [4.78, 5) is 0. The Kier molecular flexibility index (Phi) is 12.2. The van der Waals surface area contributed by atoms with Crippen LogP contribution in [-0.4, -0.2) is 31.8 Å². The Morgan fingerprint density at radius 1 is 0.727 bits per heavy atom. The molecule has 0 saturated heterocycles. The lowest BCUT2D eigenvalue weighted by Gasteiger charge is -2.09. The summed E-state index contributed by atoms with van der Waals surface area (Å²) in [6.07, 6.45) is 7.71. The zero-order valence-corrected chi connectivity index (χ0v) is 15.3. The van der Waals surface area contributed by atoms with Gasteiger partial charge in [-0.05, 0) is 30.7 Å². The molecule has 0 unspecified atom stereocenters. The monoisotopic (exact) mass is 372 g/mol. The summed E-state index contributed by atoms with van der Waals surface area (Å²) in [6, 6.07) is 7.82. The zero-order chi connectivity index (χ0) is 15.9. The molecule has 0 aromatic heterocycles. The Morgan fingerprint density at radius 3 is 1.95 bits per heavy atom. The van der Waals surface area contributed by atoms with Gasteiger partial charge < -0.3 is 14.2 Å². The van der Waals surface area contributed by atoms with Crippen molar-refractivity contribution in [1.82, 2.24) is 0 Å². The minimum Gasteiger partial charge on any atom is -0.494 e.